The standard InChI is InChI=1S/C18H24N2O5S/c1-9(2)7-24-17(22)12(6)20-8-19-15-13(16(20)21)11(5)14(26-15)18(23)25-10(3)4/h8-10,12H,7H2,1-6H3/t12-/m0/s1. The fourth-order valence-corrected chi connectivity index (χ4v) is 3.38. The number of rotatable bonds is 6. The Kier molecular flexibility index (Phi) is 6.17. The maximum atomic E-state index is 12.9. The average Bonchev–Trinajstić information content (AvgIpc) is 2.89. The van der Waals surface area contributed by atoms with E-state index in [-0.39, 0.29) is 24.2 Å². The quantitative estimate of drug-likeness (QED) is 0.716. The number of aromatic nitrogens is 2. The first-order valence-electron chi connectivity index (χ1n) is 8.51. The molecule has 0 amide bonds. The first-order valence-corrected chi connectivity index (χ1v) is 9.33. The van der Waals surface area contributed by atoms with Crippen molar-refractivity contribution in [2.45, 2.75) is 53.7 Å². The maximum Gasteiger partial charge on any atom is 0.348 e. The van der Waals surface area contributed by atoms with E-state index in [4.69, 9.17) is 9.47 Å². The number of carbonyl (C=O) groups is 2. The Morgan fingerprint density at radius 2 is 1.88 bits per heavy atom. The Balaban J connectivity index is 2.41. The van der Waals surface area contributed by atoms with Crippen LogP contribution in [0.4, 0.5) is 0 Å². The van der Waals surface area contributed by atoms with E-state index in [0.717, 1.165) is 11.3 Å². The fraction of sp³-hybridized carbons (Fsp3) is 0.556. The molecule has 2 aromatic rings. The number of carbonyl (C=O) groups excluding carboxylic acids is 2. The second kappa shape index (κ2) is 7.99. The molecule has 0 saturated carbocycles. The lowest BCUT2D eigenvalue weighted by atomic mass is 10.2. The van der Waals surface area contributed by atoms with E-state index in [1.807, 2.05) is 13.8 Å². The summed E-state index contributed by atoms with van der Waals surface area (Å²) in [5.74, 6) is -0.762. The number of esters is 2. The second-order valence-electron chi connectivity index (χ2n) is 6.85. The van der Waals surface area contributed by atoms with Gasteiger partial charge in [-0.3, -0.25) is 9.36 Å². The number of thiophene rings is 1. The van der Waals surface area contributed by atoms with Gasteiger partial charge in [0.15, 0.2) is 0 Å². The van der Waals surface area contributed by atoms with Crippen LogP contribution in [0, 0.1) is 12.8 Å². The van der Waals surface area contributed by atoms with Crippen LogP contribution in [0.2, 0.25) is 0 Å². The number of ether oxygens (including phenoxy) is 2. The lowest BCUT2D eigenvalue weighted by Crippen LogP contribution is -2.30. The molecule has 0 N–H and O–H groups in total. The number of nitrogens with zero attached hydrogens (tertiary/aromatic N) is 2. The highest BCUT2D eigenvalue weighted by molar-refractivity contribution is 7.20. The molecule has 0 radical (unpaired) electrons. The molecule has 0 saturated heterocycles. The Labute approximate surface area is 155 Å². The van der Waals surface area contributed by atoms with Gasteiger partial charge < -0.3 is 9.47 Å². The Morgan fingerprint density at radius 1 is 1.23 bits per heavy atom. The predicted octanol–water partition coefficient (Wildman–Crippen LogP) is 3.09. The molecule has 0 fully saturated rings. The van der Waals surface area contributed by atoms with Crippen molar-refractivity contribution in [2.24, 2.45) is 5.92 Å². The van der Waals surface area contributed by atoms with Crippen molar-refractivity contribution in [1.29, 1.82) is 0 Å². The van der Waals surface area contributed by atoms with Gasteiger partial charge in [0.25, 0.3) is 5.56 Å². The SMILES string of the molecule is Cc1c(C(=O)OC(C)C)sc2ncn([C@@H](C)C(=O)OCC(C)C)c(=O)c12. The van der Waals surface area contributed by atoms with Gasteiger partial charge in [-0.2, -0.15) is 0 Å². The van der Waals surface area contributed by atoms with Gasteiger partial charge in [-0.15, -0.1) is 11.3 Å². The molecule has 1 atom stereocenters. The molecule has 0 unspecified atom stereocenters. The molecule has 0 aromatic carbocycles. The summed E-state index contributed by atoms with van der Waals surface area (Å²) in [4.78, 5) is 42.3. The van der Waals surface area contributed by atoms with Gasteiger partial charge in [0.1, 0.15) is 15.7 Å². The normalized spacial score (nSPS) is 12.6. The summed E-state index contributed by atoms with van der Waals surface area (Å²) in [6.07, 6.45) is 1.06. The molecule has 2 heterocycles. The van der Waals surface area contributed by atoms with E-state index >= 15 is 0 Å². The highest BCUT2D eigenvalue weighted by Crippen LogP contribution is 2.28. The molecular formula is C18H24N2O5S. The van der Waals surface area contributed by atoms with Crippen LogP contribution in [0.15, 0.2) is 11.1 Å². The van der Waals surface area contributed by atoms with E-state index in [2.05, 4.69) is 4.98 Å². The van der Waals surface area contributed by atoms with Crippen LogP contribution in [-0.2, 0) is 14.3 Å². The zero-order valence-corrected chi connectivity index (χ0v) is 16.7. The molecular weight excluding hydrogens is 356 g/mol. The molecule has 2 rings (SSSR count). The smallest absolute Gasteiger partial charge is 0.348 e. The average molecular weight is 380 g/mol. The number of fused-ring (bicyclic) bond motifs is 1. The second-order valence-corrected chi connectivity index (χ2v) is 7.85. The third kappa shape index (κ3) is 4.12. The van der Waals surface area contributed by atoms with Crippen molar-refractivity contribution in [3.05, 3.63) is 27.1 Å². The molecule has 0 bridgehead atoms. The summed E-state index contributed by atoms with van der Waals surface area (Å²) in [5.41, 5.74) is 0.145. The topological polar surface area (TPSA) is 87.5 Å². The van der Waals surface area contributed by atoms with E-state index < -0.39 is 18.0 Å². The Hall–Kier alpha value is -2.22. The summed E-state index contributed by atoms with van der Waals surface area (Å²) < 4.78 is 11.7. The summed E-state index contributed by atoms with van der Waals surface area (Å²) in [5, 5.41) is 0.330. The molecule has 0 spiro atoms. The van der Waals surface area contributed by atoms with Crippen LogP contribution in [-0.4, -0.2) is 34.2 Å². The zero-order chi connectivity index (χ0) is 19.6. The third-order valence-corrected chi connectivity index (χ3v) is 4.90. The Bertz CT molecular complexity index is 882. The fourth-order valence-electron chi connectivity index (χ4n) is 2.36. The molecule has 142 valence electrons. The van der Waals surface area contributed by atoms with E-state index in [0.29, 0.717) is 20.7 Å². The van der Waals surface area contributed by atoms with E-state index in [1.54, 1.807) is 27.7 Å². The first kappa shape index (κ1) is 20.1. The van der Waals surface area contributed by atoms with Crippen LogP contribution in [0.1, 0.15) is 55.9 Å². The van der Waals surface area contributed by atoms with Crippen LogP contribution >= 0.6 is 11.3 Å². The van der Waals surface area contributed by atoms with Gasteiger partial charge in [0.05, 0.1) is 24.4 Å². The number of hydrogen-bond acceptors (Lipinski definition) is 7. The molecule has 0 aliphatic rings. The van der Waals surface area contributed by atoms with Gasteiger partial charge in [0, 0.05) is 0 Å². The Morgan fingerprint density at radius 3 is 2.46 bits per heavy atom. The monoisotopic (exact) mass is 380 g/mol. The van der Waals surface area contributed by atoms with Crippen LogP contribution in [0.5, 0.6) is 0 Å². The van der Waals surface area contributed by atoms with Gasteiger partial charge in [-0.05, 0) is 39.2 Å². The summed E-state index contributed by atoms with van der Waals surface area (Å²) >= 11 is 1.12. The van der Waals surface area contributed by atoms with Crippen molar-refractivity contribution in [2.75, 3.05) is 6.61 Å². The minimum absolute atomic E-state index is 0.206. The summed E-state index contributed by atoms with van der Waals surface area (Å²) in [7, 11) is 0. The van der Waals surface area contributed by atoms with Crippen molar-refractivity contribution in [3.8, 4) is 0 Å². The van der Waals surface area contributed by atoms with Crippen molar-refractivity contribution < 1.29 is 19.1 Å². The highest BCUT2D eigenvalue weighted by atomic mass is 32.1. The number of aryl methyl sites for hydroxylation is 1. The van der Waals surface area contributed by atoms with Gasteiger partial charge in [-0.25, -0.2) is 14.6 Å². The van der Waals surface area contributed by atoms with Gasteiger partial charge in [-0.1, -0.05) is 13.8 Å². The third-order valence-electron chi connectivity index (χ3n) is 3.72. The lowest BCUT2D eigenvalue weighted by molar-refractivity contribution is -0.148. The summed E-state index contributed by atoms with van der Waals surface area (Å²) in [6.45, 7) is 11.0. The lowest BCUT2D eigenvalue weighted by Gasteiger charge is -2.15. The minimum atomic E-state index is -0.802. The van der Waals surface area contributed by atoms with E-state index in [9.17, 15) is 14.4 Å². The summed E-state index contributed by atoms with van der Waals surface area (Å²) in [6, 6.07) is -0.802. The molecule has 26 heavy (non-hydrogen) atoms. The van der Waals surface area contributed by atoms with Gasteiger partial charge >= 0.3 is 11.9 Å². The molecule has 2 aromatic heterocycles. The molecule has 0 aliphatic carbocycles. The van der Waals surface area contributed by atoms with Crippen molar-refractivity contribution in [3.63, 3.8) is 0 Å². The van der Waals surface area contributed by atoms with Gasteiger partial charge in [0.2, 0.25) is 0 Å². The van der Waals surface area contributed by atoms with Crippen molar-refractivity contribution in [1.82, 2.24) is 9.55 Å². The molecule has 0 aliphatic heterocycles. The van der Waals surface area contributed by atoms with Crippen LogP contribution in [0.3, 0.4) is 0 Å². The zero-order valence-electron chi connectivity index (χ0n) is 15.9. The molecule has 7 nitrogen and oxygen atoms in total. The van der Waals surface area contributed by atoms with Crippen molar-refractivity contribution >= 4 is 33.5 Å². The van der Waals surface area contributed by atoms with Crippen LogP contribution in [0.25, 0.3) is 10.2 Å². The largest absolute Gasteiger partial charge is 0.464 e. The highest BCUT2D eigenvalue weighted by Gasteiger charge is 2.24. The maximum absolute atomic E-state index is 12.9. The minimum Gasteiger partial charge on any atom is -0.464 e. The van der Waals surface area contributed by atoms with Crippen LogP contribution < -0.4 is 5.56 Å². The molecule has 8 heteroatoms. The number of hydrogen-bond donors (Lipinski definition) is 0. The van der Waals surface area contributed by atoms with E-state index in [1.165, 1.54) is 10.9 Å². The predicted molar refractivity (Wildman–Crippen MR) is 99.7 cm³/mol. The first-order chi connectivity index (χ1) is 12.1.